The van der Waals surface area contributed by atoms with Gasteiger partial charge in [-0.25, -0.2) is 19.7 Å². The lowest BCUT2D eigenvalue weighted by atomic mass is 9.98. The number of piperazine rings is 1. The normalized spacial score (nSPS) is 16.4. The molecule has 2 aromatic rings. The summed E-state index contributed by atoms with van der Waals surface area (Å²) in [5.41, 5.74) is 0.928. The topological polar surface area (TPSA) is 71.5 Å². The molecule has 0 aliphatic carbocycles. The first kappa shape index (κ1) is 16.9. The van der Waals surface area contributed by atoms with Crippen molar-refractivity contribution in [3.8, 4) is 0 Å². The van der Waals surface area contributed by atoms with Crippen molar-refractivity contribution >= 4 is 34.4 Å². The van der Waals surface area contributed by atoms with Gasteiger partial charge in [-0.15, -0.1) is 5.06 Å². The molecule has 7 nitrogen and oxygen atoms in total. The van der Waals surface area contributed by atoms with Crippen LogP contribution in [-0.2, 0) is 9.63 Å². The number of carbonyl (C=O) groups excluding carboxylic acids is 1. The Balaban J connectivity index is 1.71. The number of pyridine rings is 1. The average Bonchev–Trinajstić information content (AvgIpc) is 2.54. The van der Waals surface area contributed by atoms with Gasteiger partial charge in [0.2, 0.25) is 0 Å². The Kier molecular flexibility index (Phi) is 4.56. The second-order valence-corrected chi connectivity index (χ2v) is 7.13. The molecule has 0 spiro atoms. The van der Waals surface area contributed by atoms with Gasteiger partial charge >= 0.3 is 5.97 Å². The highest BCUT2D eigenvalue weighted by molar-refractivity contribution is 6.29. The highest BCUT2D eigenvalue weighted by Gasteiger charge is 2.28. The second-order valence-electron chi connectivity index (χ2n) is 6.74. The SMILES string of the molecule is CC(C)(C)C(=O)ON1CCN(c2ncnc3ccc(Cl)nc23)CC1. The quantitative estimate of drug-likeness (QED) is 0.770. The lowest BCUT2D eigenvalue weighted by Crippen LogP contribution is -2.48. The minimum atomic E-state index is -0.513. The Morgan fingerprint density at radius 2 is 1.88 bits per heavy atom. The summed E-state index contributed by atoms with van der Waals surface area (Å²) < 4.78 is 0. The van der Waals surface area contributed by atoms with Crippen LogP contribution < -0.4 is 4.90 Å². The maximum absolute atomic E-state index is 12.0. The lowest BCUT2D eigenvalue weighted by Gasteiger charge is -2.35. The Hall–Kier alpha value is -1.99. The molecule has 0 atom stereocenters. The minimum Gasteiger partial charge on any atom is -0.367 e. The van der Waals surface area contributed by atoms with Crippen molar-refractivity contribution in [2.24, 2.45) is 5.41 Å². The average molecular weight is 350 g/mol. The van der Waals surface area contributed by atoms with E-state index in [4.69, 9.17) is 16.4 Å². The van der Waals surface area contributed by atoms with Crippen molar-refractivity contribution in [3.63, 3.8) is 0 Å². The van der Waals surface area contributed by atoms with E-state index >= 15 is 0 Å². The summed E-state index contributed by atoms with van der Waals surface area (Å²) in [6.45, 7) is 8.09. The first-order valence-corrected chi connectivity index (χ1v) is 8.22. The summed E-state index contributed by atoms with van der Waals surface area (Å²) >= 11 is 6.00. The zero-order valence-corrected chi connectivity index (χ0v) is 14.7. The monoisotopic (exact) mass is 349 g/mol. The fourth-order valence-electron chi connectivity index (χ4n) is 2.38. The molecule has 0 N–H and O–H groups in total. The molecule has 1 saturated heterocycles. The van der Waals surface area contributed by atoms with E-state index in [1.165, 1.54) is 6.33 Å². The fourth-order valence-corrected chi connectivity index (χ4v) is 2.53. The zero-order valence-electron chi connectivity index (χ0n) is 14.0. The van der Waals surface area contributed by atoms with E-state index in [1.54, 1.807) is 11.1 Å². The molecule has 0 saturated carbocycles. The van der Waals surface area contributed by atoms with Gasteiger partial charge in [0.15, 0.2) is 5.82 Å². The Bertz CT molecular complexity index is 754. The molecule has 0 amide bonds. The predicted molar refractivity (Wildman–Crippen MR) is 91.7 cm³/mol. The molecule has 0 unspecified atom stereocenters. The smallest absolute Gasteiger partial charge is 0.330 e. The summed E-state index contributed by atoms with van der Waals surface area (Å²) in [4.78, 5) is 32.5. The summed E-state index contributed by atoms with van der Waals surface area (Å²) in [5.74, 6) is 0.529. The van der Waals surface area contributed by atoms with Crippen LogP contribution in [0.25, 0.3) is 11.0 Å². The number of hydrogen-bond acceptors (Lipinski definition) is 7. The third-order valence-corrected chi connectivity index (χ3v) is 4.00. The number of carbonyl (C=O) groups is 1. The van der Waals surface area contributed by atoms with E-state index in [0.717, 1.165) is 11.3 Å². The van der Waals surface area contributed by atoms with Crippen molar-refractivity contribution < 1.29 is 9.63 Å². The summed E-state index contributed by atoms with van der Waals surface area (Å²) in [7, 11) is 0. The van der Waals surface area contributed by atoms with Gasteiger partial charge in [-0.1, -0.05) is 11.6 Å². The summed E-state index contributed by atoms with van der Waals surface area (Å²) in [6, 6.07) is 3.54. The van der Waals surface area contributed by atoms with Gasteiger partial charge in [0.1, 0.15) is 17.0 Å². The van der Waals surface area contributed by atoms with Crippen LogP contribution in [0.4, 0.5) is 5.82 Å². The summed E-state index contributed by atoms with van der Waals surface area (Å²) in [5, 5.41) is 2.12. The molecular weight excluding hydrogens is 330 g/mol. The summed E-state index contributed by atoms with van der Waals surface area (Å²) in [6.07, 6.45) is 1.53. The molecule has 128 valence electrons. The van der Waals surface area contributed by atoms with Crippen LogP contribution in [0.2, 0.25) is 5.15 Å². The Morgan fingerprint density at radius 3 is 2.54 bits per heavy atom. The van der Waals surface area contributed by atoms with Crippen molar-refractivity contribution in [2.45, 2.75) is 20.8 Å². The highest BCUT2D eigenvalue weighted by atomic mass is 35.5. The fraction of sp³-hybridized carbons (Fsp3) is 0.500. The third kappa shape index (κ3) is 3.57. The van der Waals surface area contributed by atoms with Gasteiger partial charge in [-0.3, -0.25) is 0 Å². The number of anilines is 1. The standard InChI is InChI=1S/C16H20ClN5O2/c1-16(2,3)15(23)24-22-8-6-21(7-9-22)14-13-11(18-10-19-14)4-5-12(17)20-13/h4-5,10H,6-9H2,1-3H3. The first-order chi connectivity index (χ1) is 11.3. The van der Waals surface area contributed by atoms with Gasteiger partial charge in [-0.05, 0) is 32.9 Å². The van der Waals surface area contributed by atoms with Crippen LogP contribution in [0.5, 0.6) is 0 Å². The van der Waals surface area contributed by atoms with E-state index < -0.39 is 5.41 Å². The Labute approximate surface area is 145 Å². The largest absolute Gasteiger partial charge is 0.367 e. The minimum absolute atomic E-state index is 0.225. The number of aromatic nitrogens is 3. The number of hydrogen-bond donors (Lipinski definition) is 0. The van der Waals surface area contributed by atoms with Crippen LogP contribution in [0.1, 0.15) is 20.8 Å². The van der Waals surface area contributed by atoms with Crippen LogP contribution in [0, 0.1) is 5.41 Å². The van der Waals surface area contributed by atoms with Gasteiger partial charge < -0.3 is 9.74 Å². The molecule has 1 aliphatic rings. The van der Waals surface area contributed by atoms with E-state index in [-0.39, 0.29) is 5.97 Å². The molecule has 0 radical (unpaired) electrons. The number of halogens is 1. The van der Waals surface area contributed by atoms with Crippen molar-refractivity contribution in [1.82, 2.24) is 20.0 Å². The number of nitrogens with zero attached hydrogens (tertiary/aromatic N) is 5. The maximum atomic E-state index is 12.0. The molecule has 3 heterocycles. The van der Waals surface area contributed by atoms with Crippen LogP contribution in [-0.4, -0.2) is 52.2 Å². The molecule has 3 rings (SSSR count). The van der Waals surface area contributed by atoms with Crippen LogP contribution in [0.15, 0.2) is 18.5 Å². The van der Waals surface area contributed by atoms with Crippen molar-refractivity contribution in [2.75, 3.05) is 31.1 Å². The molecule has 1 aliphatic heterocycles. The van der Waals surface area contributed by atoms with Gasteiger partial charge in [-0.2, -0.15) is 0 Å². The molecule has 24 heavy (non-hydrogen) atoms. The molecule has 8 heteroatoms. The zero-order chi connectivity index (χ0) is 17.3. The third-order valence-electron chi connectivity index (χ3n) is 3.79. The van der Waals surface area contributed by atoms with E-state index in [9.17, 15) is 4.79 Å². The number of hydroxylamine groups is 2. The van der Waals surface area contributed by atoms with E-state index in [2.05, 4.69) is 19.9 Å². The van der Waals surface area contributed by atoms with Crippen molar-refractivity contribution in [3.05, 3.63) is 23.6 Å². The van der Waals surface area contributed by atoms with Gasteiger partial charge in [0.05, 0.1) is 24.0 Å². The predicted octanol–water partition coefficient (Wildman–Crippen LogP) is 2.30. The molecule has 0 bridgehead atoms. The van der Waals surface area contributed by atoms with E-state index in [1.807, 2.05) is 26.8 Å². The molecule has 1 fully saturated rings. The van der Waals surface area contributed by atoms with Crippen LogP contribution in [0.3, 0.4) is 0 Å². The highest BCUT2D eigenvalue weighted by Crippen LogP contribution is 2.24. The molecular formula is C16H20ClN5O2. The van der Waals surface area contributed by atoms with Gasteiger partial charge in [0.25, 0.3) is 0 Å². The number of fused-ring (bicyclic) bond motifs is 1. The van der Waals surface area contributed by atoms with Crippen molar-refractivity contribution in [1.29, 1.82) is 0 Å². The van der Waals surface area contributed by atoms with Crippen LogP contribution >= 0.6 is 11.6 Å². The van der Waals surface area contributed by atoms with E-state index in [0.29, 0.717) is 36.8 Å². The van der Waals surface area contributed by atoms with Gasteiger partial charge in [0, 0.05) is 13.1 Å². The lowest BCUT2D eigenvalue weighted by molar-refractivity contribution is -0.201. The maximum Gasteiger partial charge on any atom is 0.330 e. The second kappa shape index (κ2) is 6.49. The molecule has 0 aromatic carbocycles. The molecule has 2 aromatic heterocycles. The Morgan fingerprint density at radius 1 is 1.17 bits per heavy atom. The first-order valence-electron chi connectivity index (χ1n) is 7.84. The number of rotatable bonds is 2.